The number of nitrogens with one attached hydrogen (secondary N) is 2. The number of amides is 2. The predicted molar refractivity (Wildman–Crippen MR) is 81.8 cm³/mol. The maximum absolute atomic E-state index is 12.2. The molecule has 0 saturated carbocycles. The molecule has 0 bridgehead atoms. The predicted octanol–water partition coefficient (Wildman–Crippen LogP) is 1.44. The molecule has 8 nitrogen and oxygen atoms in total. The number of carboxylic acids is 1. The fourth-order valence-electron chi connectivity index (χ4n) is 1.76. The Labute approximate surface area is 135 Å². The van der Waals surface area contributed by atoms with E-state index in [0.717, 1.165) is 0 Å². The Morgan fingerprint density at radius 3 is 2.35 bits per heavy atom. The van der Waals surface area contributed by atoms with E-state index in [-0.39, 0.29) is 22.0 Å². The molecular formula is C14H11ClN4O4. The van der Waals surface area contributed by atoms with Crippen molar-refractivity contribution in [1.82, 2.24) is 15.3 Å². The highest BCUT2D eigenvalue weighted by Gasteiger charge is 2.20. The molecule has 23 heavy (non-hydrogen) atoms. The second kappa shape index (κ2) is 6.84. The quantitative estimate of drug-likeness (QED) is 0.777. The second-order valence-electron chi connectivity index (χ2n) is 4.29. The molecule has 0 aliphatic heterocycles. The first kappa shape index (κ1) is 16.4. The number of anilines is 1. The van der Waals surface area contributed by atoms with Gasteiger partial charge in [0.15, 0.2) is 11.4 Å². The molecule has 0 unspecified atom stereocenters. The van der Waals surface area contributed by atoms with Crippen LogP contribution in [0.5, 0.6) is 0 Å². The zero-order valence-corrected chi connectivity index (χ0v) is 12.6. The summed E-state index contributed by atoms with van der Waals surface area (Å²) in [7, 11) is 1.45. The summed E-state index contributed by atoms with van der Waals surface area (Å²) in [5.41, 5.74) is -0.369. The van der Waals surface area contributed by atoms with Gasteiger partial charge in [0.05, 0.1) is 10.6 Å². The maximum Gasteiger partial charge on any atom is 0.356 e. The maximum atomic E-state index is 12.2. The van der Waals surface area contributed by atoms with Gasteiger partial charge in [-0.3, -0.25) is 9.59 Å². The molecule has 0 aliphatic rings. The van der Waals surface area contributed by atoms with E-state index in [2.05, 4.69) is 20.6 Å². The van der Waals surface area contributed by atoms with Crippen LogP contribution in [0.4, 0.5) is 5.69 Å². The molecule has 118 valence electrons. The summed E-state index contributed by atoms with van der Waals surface area (Å²) in [5, 5.41) is 14.1. The van der Waals surface area contributed by atoms with E-state index in [1.54, 1.807) is 0 Å². The minimum absolute atomic E-state index is 0.171. The molecule has 0 aliphatic carbocycles. The van der Waals surface area contributed by atoms with Crippen LogP contribution in [-0.2, 0) is 0 Å². The second-order valence-corrected chi connectivity index (χ2v) is 4.69. The van der Waals surface area contributed by atoms with Crippen LogP contribution in [0.25, 0.3) is 0 Å². The van der Waals surface area contributed by atoms with Crippen molar-refractivity contribution in [1.29, 1.82) is 0 Å². The van der Waals surface area contributed by atoms with Crippen LogP contribution in [-0.4, -0.2) is 39.9 Å². The number of carboxylic acid groups (broad SMARTS) is 1. The van der Waals surface area contributed by atoms with E-state index >= 15 is 0 Å². The molecule has 1 heterocycles. The lowest BCUT2D eigenvalue weighted by Crippen LogP contribution is -2.21. The van der Waals surface area contributed by atoms with Gasteiger partial charge in [0.2, 0.25) is 0 Å². The van der Waals surface area contributed by atoms with Gasteiger partial charge in [-0.25, -0.2) is 14.8 Å². The third-order valence-electron chi connectivity index (χ3n) is 2.81. The van der Waals surface area contributed by atoms with Crippen LogP contribution in [0.2, 0.25) is 5.02 Å². The zero-order valence-electron chi connectivity index (χ0n) is 11.8. The van der Waals surface area contributed by atoms with Gasteiger partial charge in [-0.05, 0) is 18.2 Å². The van der Waals surface area contributed by atoms with Crippen LogP contribution in [0.1, 0.15) is 31.3 Å². The Balaban J connectivity index is 2.31. The fraction of sp³-hybridized carbons (Fsp3) is 0.0714. The Morgan fingerprint density at radius 2 is 1.74 bits per heavy atom. The lowest BCUT2D eigenvalue weighted by Gasteiger charge is -2.09. The van der Waals surface area contributed by atoms with Crippen molar-refractivity contribution in [3.63, 3.8) is 0 Å². The van der Waals surface area contributed by atoms with Crippen molar-refractivity contribution < 1.29 is 19.5 Å². The first-order chi connectivity index (χ1) is 10.9. The highest BCUT2D eigenvalue weighted by atomic mass is 35.5. The summed E-state index contributed by atoms with van der Waals surface area (Å²) < 4.78 is 0. The SMILES string of the molecule is CNC(=O)c1cc(NC(=O)c2nccnc2C(=O)O)ccc1Cl. The normalized spacial score (nSPS) is 10.0. The average molecular weight is 335 g/mol. The minimum Gasteiger partial charge on any atom is -0.476 e. The van der Waals surface area contributed by atoms with Crippen LogP contribution in [0, 0.1) is 0 Å². The van der Waals surface area contributed by atoms with Crippen LogP contribution in [0.3, 0.4) is 0 Å². The number of halogens is 1. The molecule has 0 saturated heterocycles. The van der Waals surface area contributed by atoms with Crippen molar-refractivity contribution in [2.75, 3.05) is 12.4 Å². The number of benzene rings is 1. The molecule has 1 aromatic heterocycles. The van der Waals surface area contributed by atoms with Gasteiger partial charge in [-0.1, -0.05) is 11.6 Å². The van der Waals surface area contributed by atoms with Gasteiger partial charge in [-0.15, -0.1) is 0 Å². The molecule has 2 rings (SSSR count). The number of nitrogens with zero attached hydrogens (tertiary/aromatic N) is 2. The lowest BCUT2D eigenvalue weighted by molar-refractivity contribution is 0.0684. The highest BCUT2D eigenvalue weighted by Crippen LogP contribution is 2.21. The smallest absolute Gasteiger partial charge is 0.356 e. The van der Waals surface area contributed by atoms with Gasteiger partial charge in [0, 0.05) is 25.1 Å². The van der Waals surface area contributed by atoms with Crippen LogP contribution < -0.4 is 10.6 Å². The highest BCUT2D eigenvalue weighted by molar-refractivity contribution is 6.34. The molecule has 2 aromatic rings. The average Bonchev–Trinajstić information content (AvgIpc) is 2.55. The van der Waals surface area contributed by atoms with E-state index in [4.69, 9.17) is 16.7 Å². The Hall–Kier alpha value is -3.00. The number of hydrogen-bond acceptors (Lipinski definition) is 5. The lowest BCUT2D eigenvalue weighted by atomic mass is 10.1. The van der Waals surface area contributed by atoms with Crippen molar-refractivity contribution >= 4 is 35.1 Å². The van der Waals surface area contributed by atoms with Gasteiger partial charge < -0.3 is 15.7 Å². The third kappa shape index (κ3) is 3.61. The fourth-order valence-corrected chi connectivity index (χ4v) is 1.97. The number of aromatic nitrogens is 2. The Kier molecular flexibility index (Phi) is 4.87. The molecule has 0 fully saturated rings. The standard InChI is InChI=1S/C14H11ClN4O4/c1-16-12(20)8-6-7(2-3-9(8)15)19-13(21)10-11(14(22)23)18-5-4-17-10/h2-6H,1H3,(H,16,20)(H,19,21)(H,22,23). The third-order valence-corrected chi connectivity index (χ3v) is 3.14. The minimum atomic E-state index is -1.37. The number of carbonyl (C=O) groups is 3. The molecule has 1 aromatic carbocycles. The summed E-state index contributed by atoms with van der Waals surface area (Å²) in [6.45, 7) is 0. The van der Waals surface area contributed by atoms with Gasteiger partial charge in [0.1, 0.15) is 0 Å². The summed E-state index contributed by atoms with van der Waals surface area (Å²) in [4.78, 5) is 42.2. The first-order valence-electron chi connectivity index (χ1n) is 6.31. The van der Waals surface area contributed by atoms with Gasteiger partial charge in [-0.2, -0.15) is 0 Å². The topological polar surface area (TPSA) is 121 Å². The number of rotatable bonds is 4. The van der Waals surface area contributed by atoms with E-state index in [1.165, 1.54) is 37.6 Å². The zero-order chi connectivity index (χ0) is 17.0. The Bertz CT molecular complexity index is 794. The molecule has 9 heteroatoms. The summed E-state index contributed by atoms with van der Waals surface area (Å²) in [5.74, 6) is -2.55. The van der Waals surface area contributed by atoms with Gasteiger partial charge in [0.25, 0.3) is 11.8 Å². The monoisotopic (exact) mass is 334 g/mol. The molecule has 0 spiro atoms. The van der Waals surface area contributed by atoms with E-state index < -0.39 is 23.5 Å². The van der Waals surface area contributed by atoms with E-state index in [1.807, 2.05) is 0 Å². The largest absolute Gasteiger partial charge is 0.476 e. The van der Waals surface area contributed by atoms with Crippen molar-refractivity contribution in [2.45, 2.75) is 0 Å². The van der Waals surface area contributed by atoms with Crippen molar-refractivity contribution in [2.24, 2.45) is 0 Å². The Morgan fingerprint density at radius 1 is 1.09 bits per heavy atom. The number of aromatic carboxylic acids is 1. The van der Waals surface area contributed by atoms with E-state index in [9.17, 15) is 14.4 Å². The summed E-state index contributed by atoms with van der Waals surface area (Å²) in [6, 6.07) is 4.29. The van der Waals surface area contributed by atoms with Crippen LogP contribution in [0.15, 0.2) is 30.6 Å². The van der Waals surface area contributed by atoms with Gasteiger partial charge >= 0.3 is 5.97 Å². The summed E-state index contributed by atoms with van der Waals surface area (Å²) >= 11 is 5.92. The number of carbonyl (C=O) groups excluding carboxylic acids is 2. The van der Waals surface area contributed by atoms with Crippen molar-refractivity contribution in [3.8, 4) is 0 Å². The summed E-state index contributed by atoms with van der Waals surface area (Å²) in [6.07, 6.45) is 2.38. The molecule has 0 radical (unpaired) electrons. The van der Waals surface area contributed by atoms with E-state index in [0.29, 0.717) is 0 Å². The molecule has 3 N–H and O–H groups in total. The number of hydrogen-bond donors (Lipinski definition) is 3. The molecule has 2 amide bonds. The molecule has 0 atom stereocenters. The van der Waals surface area contributed by atoms with Crippen molar-refractivity contribution in [3.05, 3.63) is 52.6 Å². The molecular weight excluding hydrogens is 324 g/mol. The van der Waals surface area contributed by atoms with Crippen LogP contribution >= 0.6 is 11.6 Å². The first-order valence-corrected chi connectivity index (χ1v) is 6.69.